The fourth-order valence-corrected chi connectivity index (χ4v) is 2.97. The lowest BCUT2D eigenvalue weighted by Crippen LogP contribution is -2.42. The zero-order valence-corrected chi connectivity index (χ0v) is 12.9. The molecular formula is C17H21FN4O. The van der Waals surface area contributed by atoms with E-state index in [0.717, 1.165) is 29.7 Å². The first-order valence-electron chi connectivity index (χ1n) is 7.92. The normalized spacial score (nSPS) is 21.9. The topological polar surface area (TPSA) is 79.5 Å². The highest BCUT2D eigenvalue weighted by molar-refractivity contribution is 6.45. The van der Waals surface area contributed by atoms with E-state index >= 15 is 0 Å². The summed E-state index contributed by atoms with van der Waals surface area (Å²) in [6.07, 6.45) is 2.37. The van der Waals surface area contributed by atoms with Crippen molar-refractivity contribution in [1.82, 2.24) is 10.6 Å². The van der Waals surface area contributed by atoms with Crippen LogP contribution in [0.4, 0.5) is 4.39 Å². The molecule has 5 nitrogen and oxygen atoms in total. The van der Waals surface area contributed by atoms with Crippen LogP contribution in [-0.2, 0) is 11.3 Å². The predicted molar refractivity (Wildman–Crippen MR) is 87.4 cm³/mol. The van der Waals surface area contributed by atoms with Crippen molar-refractivity contribution in [2.24, 2.45) is 10.7 Å². The molecule has 0 bridgehead atoms. The highest BCUT2D eigenvalue weighted by Crippen LogP contribution is 2.24. The van der Waals surface area contributed by atoms with Crippen molar-refractivity contribution < 1.29 is 9.18 Å². The molecule has 2 aliphatic rings. The minimum atomic E-state index is -0.231. The third kappa shape index (κ3) is 3.76. The maximum atomic E-state index is 12.9. The molecule has 0 saturated heterocycles. The molecular weight excluding hydrogens is 295 g/mol. The Labute approximate surface area is 134 Å². The molecule has 0 fully saturated rings. The number of amides is 1. The van der Waals surface area contributed by atoms with E-state index in [9.17, 15) is 9.18 Å². The van der Waals surface area contributed by atoms with E-state index in [1.807, 2.05) is 0 Å². The second-order valence-electron chi connectivity index (χ2n) is 5.94. The lowest BCUT2D eigenvalue weighted by atomic mass is 9.88. The Morgan fingerprint density at radius 2 is 2.13 bits per heavy atom. The van der Waals surface area contributed by atoms with Crippen LogP contribution >= 0.6 is 0 Å². The molecule has 0 radical (unpaired) electrons. The molecule has 6 heteroatoms. The van der Waals surface area contributed by atoms with Gasteiger partial charge >= 0.3 is 0 Å². The van der Waals surface area contributed by atoms with Crippen LogP contribution in [-0.4, -0.2) is 30.8 Å². The monoisotopic (exact) mass is 316 g/mol. The van der Waals surface area contributed by atoms with Crippen molar-refractivity contribution in [3.63, 3.8) is 0 Å². The smallest absolute Gasteiger partial charge is 0.269 e. The largest absolute Gasteiger partial charge is 0.402 e. The Bertz CT molecular complexity index is 651. The Balaban J connectivity index is 1.64. The van der Waals surface area contributed by atoms with E-state index in [2.05, 4.69) is 15.6 Å². The van der Waals surface area contributed by atoms with Gasteiger partial charge in [-0.2, -0.15) is 0 Å². The van der Waals surface area contributed by atoms with Crippen molar-refractivity contribution in [1.29, 1.82) is 0 Å². The molecule has 1 aliphatic heterocycles. The van der Waals surface area contributed by atoms with Crippen molar-refractivity contribution in [3.05, 3.63) is 46.9 Å². The summed E-state index contributed by atoms with van der Waals surface area (Å²) in [7, 11) is 0. The van der Waals surface area contributed by atoms with Crippen LogP contribution in [0.1, 0.15) is 24.8 Å². The van der Waals surface area contributed by atoms with E-state index in [0.29, 0.717) is 31.8 Å². The second kappa shape index (κ2) is 6.91. The summed E-state index contributed by atoms with van der Waals surface area (Å²) >= 11 is 0. The van der Waals surface area contributed by atoms with Crippen LogP contribution < -0.4 is 16.4 Å². The molecule has 23 heavy (non-hydrogen) atoms. The Morgan fingerprint density at radius 1 is 1.35 bits per heavy atom. The van der Waals surface area contributed by atoms with Crippen LogP contribution in [0.2, 0.25) is 0 Å². The van der Waals surface area contributed by atoms with Gasteiger partial charge in [-0.15, -0.1) is 0 Å². The van der Waals surface area contributed by atoms with Gasteiger partial charge in [0.05, 0.1) is 6.54 Å². The van der Waals surface area contributed by atoms with Crippen molar-refractivity contribution in [2.45, 2.75) is 31.8 Å². The van der Waals surface area contributed by atoms with Gasteiger partial charge < -0.3 is 16.4 Å². The first kappa shape index (κ1) is 15.7. The first-order valence-corrected chi connectivity index (χ1v) is 7.92. The van der Waals surface area contributed by atoms with Crippen molar-refractivity contribution in [3.8, 4) is 0 Å². The number of halogens is 1. The van der Waals surface area contributed by atoms with E-state index in [1.165, 1.54) is 12.1 Å². The number of allylic oxidation sites excluding steroid dienone is 1. The molecule has 0 saturated carbocycles. The number of carbonyl (C=O) groups excluding carboxylic acids is 1. The fourth-order valence-electron chi connectivity index (χ4n) is 2.97. The number of benzene rings is 1. The summed E-state index contributed by atoms with van der Waals surface area (Å²) in [6.45, 7) is 1.85. The molecule has 1 atom stereocenters. The van der Waals surface area contributed by atoms with Gasteiger partial charge in [0, 0.05) is 30.4 Å². The summed E-state index contributed by atoms with van der Waals surface area (Å²) in [6, 6.07) is 6.70. The standard InChI is InChI=1S/C17H21FN4O/c18-12-3-1-11(2-4-12)10-22-13-5-6-15(19)14(9-13)16-17(23)21-8-7-20-16/h1-4,13,22H,5-10,19H2,(H,21,23). The van der Waals surface area contributed by atoms with Gasteiger partial charge in [0.1, 0.15) is 11.5 Å². The zero-order chi connectivity index (χ0) is 16.2. The number of carbonyl (C=O) groups is 1. The number of nitrogens with one attached hydrogen (secondary N) is 2. The third-order valence-electron chi connectivity index (χ3n) is 4.28. The molecule has 1 aromatic carbocycles. The van der Waals surface area contributed by atoms with Crippen molar-refractivity contribution in [2.75, 3.05) is 13.1 Å². The third-order valence-corrected chi connectivity index (χ3v) is 4.28. The zero-order valence-electron chi connectivity index (χ0n) is 12.9. The highest BCUT2D eigenvalue weighted by Gasteiger charge is 2.27. The minimum Gasteiger partial charge on any atom is -0.402 e. The minimum absolute atomic E-state index is 0.131. The van der Waals surface area contributed by atoms with Crippen LogP contribution in [0, 0.1) is 5.82 Å². The van der Waals surface area contributed by atoms with Gasteiger partial charge in [-0.1, -0.05) is 12.1 Å². The predicted octanol–water partition coefficient (Wildman–Crippen LogP) is 1.25. The SMILES string of the molecule is NC1=C(C2=NCCNC2=O)CC(NCc2ccc(F)cc2)CC1. The van der Waals surface area contributed by atoms with Gasteiger partial charge in [-0.05, 0) is 37.0 Å². The lowest BCUT2D eigenvalue weighted by Gasteiger charge is -2.28. The summed E-state index contributed by atoms with van der Waals surface area (Å²) < 4.78 is 12.9. The summed E-state index contributed by atoms with van der Waals surface area (Å²) in [4.78, 5) is 16.3. The van der Waals surface area contributed by atoms with Gasteiger partial charge in [0.2, 0.25) is 0 Å². The fraction of sp³-hybridized carbons (Fsp3) is 0.412. The second-order valence-corrected chi connectivity index (χ2v) is 5.94. The number of nitrogens with zero attached hydrogens (tertiary/aromatic N) is 1. The Morgan fingerprint density at radius 3 is 2.87 bits per heavy atom. The van der Waals surface area contributed by atoms with Gasteiger partial charge in [-0.25, -0.2) is 4.39 Å². The van der Waals surface area contributed by atoms with Gasteiger partial charge in [0.25, 0.3) is 5.91 Å². The number of rotatable bonds is 4. The molecule has 1 amide bonds. The maximum Gasteiger partial charge on any atom is 0.269 e. The highest BCUT2D eigenvalue weighted by atomic mass is 19.1. The van der Waals surface area contributed by atoms with Gasteiger partial charge in [-0.3, -0.25) is 9.79 Å². The number of hydrogen-bond acceptors (Lipinski definition) is 4. The molecule has 1 aromatic rings. The molecule has 0 spiro atoms. The Kier molecular flexibility index (Phi) is 4.71. The summed E-state index contributed by atoms with van der Waals surface area (Å²) in [5.41, 5.74) is 9.26. The van der Waals surface area contributed by atoms with E-state index in [-0.39, 0.29) is 17.8 Å². The van der Waals surface area contributed by atoms with E-state index < -0.39 is 0 Å². The molecule has 1 aliphatic carbocycles. The quantitative estimate of drug-likeness (QED) is 0.782. The van der Waals surface area contributed by atoms with Gasteiger partial charge in [0.15, 0.2) is 0 Å². The molecule has 122 valence electrons. The number of hydrogen-bond donors (Lipinski definition) is 3. The van der Waals surface area contributed by atoms with Crippen LogP contribution in [0.3, 0.4) is 0 Å². The first-order chi connectivity index (χ1) is 11.1. The van der Waals surface area contributed by atoms with Crippen LogP contribution in [0.25, 0.3) is 0 Å². The summed E-state index contributed by atoms with van der Waals surface area (Å²) in [5, 5.41) is 6.28. The molecule has 0 aromatic heterocycles. The average Bonchev–Trinajstić information content (AvgIpc) is 2.56. The Hall–Kier alpha value is -2.21. The summed E-state index contributed by atoms with van der Waals surface area (Å²) in [5.74, 6) is -0.362. The van der Waals surface area contributed by atoms with Crippen LogP contribution in [0.15, 0.2) is 40.5 Å². The number of nitrogens with two attached hydrogens (primary N) is 1. The maximum absolute atomic E-state index is 12.9. The lowest BCUT2D eigenvalue weighted by molar-refractivity contribution is -0.115. The average molecular weight is 316 g/mol. The van der Waals surface area contributed by atoms with Crippen LogP contribution in [0.5, 0.6) is 0 Å². The molecule has 1 heterocycles. The number of aliphatic imine (C=N–C) groups is 1. The molecule has 1 unspecified atom stereocenters. The van der Waals surface area contributed by atoms with E-state index in [4.69, 9.17) is 5.73 Å². The molecule has 3 rings (SSSR count). The van der Waals surface area contributed by atoms with E-state index in [1.54, 1.807) is 12.1 Å². The molecule has 4 N–H and O–H groups in total. The van der Waals surface area contributed by atoms with Crippen molar-refractivity contribution >= 4 is 11.6 Å².